The number of benzene rings is 1. The summed E-state index contributed by atoms with van der Waals surface area (Å²) >= 11 is 1.66. The van der Waals surface area contributed by atoms with Crippen LogP contribution in [0.1, 0.15) is 29.9 Å². The summed E-state index contributed by atoms with van der Waals surface area (Å²) in [5.74, 6) is 3.26. The van der Waals surface area contributed by atoms with Gasteiger partial charge < -0.3 is 18.8 Å². The van der Waals surface area contributed by atoms with Gasteiger partial charge in [-0.25, -0.2) is 0 Å². The monoisotopic (exact) mass is 469 g/mol. The first-order valence-electron chi connectivity index (χ1n) is 11.1. The molecule has 1 saturated heterocycles. The van der Waals surface area contributed by atoms with E-state index in [4.69, 9.17) is 14.2 Å². The number of hydrogen-bond donors (Lipinski definition) is 0. The maximum Gasteiger partial charge on any atom is 0.191 e. The number of pyridine rings is 1. The summed E-state index contributed by atoms with van der Waals surface area (Å²) < 4.78 is 18.9. The van der Waals surface area contributed by atoms with Gasteiger partial charge in [0.1, 0.15) is 17.3 Å². The van der Waals surface area contributed by atoms with Gasteiger partial charge in [-0.1, -0.05) is 17.8 Å². The normalized spacial score (nSPS) is 15.8. The molecule has 2 aromatic heterocycles. The molecule has 0 aliphatic carbocycles. The summed E-state index contributed by atoms with van der Waals surface area (Å²) in [5, 5.41) is 9.96. The van der Waals surface area contributed by atoms with Crippen molar-refractivity contribution < 1.29 is 14.2 Å². The average molecular weight is 470 g/mol. The van der Waals surface area contributed by atoms with Crippen molar-refractivity contribution in [3.05, 3.63) is 59.7 Å². The number of rotatable bonds is 11. The highest BCUT2D eigenvalue weighted by Gasteiger charge is 2.22. The lowest BCUT2D eigenvalue weighted by Crippen LogP contribution is -2.23. The number of hydrogen-bond acceptors (Lipinski definition) is 8. The highest BCUT2D eigenvalue weighted by Crippen LogP contribution is 2.26. The fourth-order valence-electron chi connectivity index (χ4n) is 3.91. The van der Waals surface area contributed by atoms with Gasteiger partial charge in [-0.3, -0.25) is 9.88 Å². The first-order valence-corrected chi connectivity index (χ1v) is 12.1. The van der Waals surface area contributed by atoms with E-state index in [1.807, 2.05) is 42.6 Å². The van der Waals surface area contributed by atoms with E-state index >= 15 is 0 Å². The van der Waals surface area contributed by atoms with Crippen LogP contribution in [-0.2, 0) is 30.1 Å². The Hall–Kier alpha value is -2.62. The van der Waals surface area contributed by atoms with Crippen molar-refractivity contribution in [3.63, 3.8) is 0 Å². The van der Waals surface area contributed by atoms with Crippen molar-refractivity contribution >= 4 is 11.8 Å². The number of aromatic nitrogens is 4. The molecule has 1 unspecified atom stereocenters. The van der Waals surface area contributed by atoms with E-state index in [2.05, 4.69) is 31.7 Å². The first-order chi connectivity index (χ1) is 16.1. The van der Waals surface area contributed by atoms with Crippen LogP contribution in [-0.4, -0.2) is 58.6 Å². The van der Waals surface area contributed by atoms with Crippen LogP contribution in [0.2, 0.25) is 0 Å². The van der Waals surface area contributed by atoms with Crippen LogP contribution in [0.4, 0.5) is 0 Å². The molecule has 33 heavy (non-hydrogen) atoms. The number of thioether (sulfide) groups is 1. The second-order valence-corrected chi connectivity index (χ2v) is 9.09. The van der Waals surface area contributed by atoms with Crippen molar-refractivity contribution in [1.29, 1.82) is 0 Å². The Balaban J connectivity index is 1.48. The van der Waals surface area contributed by atoms with E-state index in [9.17, 15) is 0 Å². The summed E-state index contributed by atoms with van der Waals surface area (Å²) in [6, 6.07) is 11.9. The van der Waals surface area contributed by atoms with Crippen LogP contribution >= 0.6 is 11.8 Å². The van der Waals surface area contributed by atoms with Gasteiger partial charge in [-0.15, -0.1) is 10.2 Å². The van der Waals surface area contributed by atoms with E-state index in [0.29, 0.717) is 6.54 Å². The maximum absolute atomic E-state index is 5.91. The third-order valence-corrected chi connectivity index (χ3v) is 6.55. The van der Waals surface area contributed by atoms with E-state index < -0.39 is 0 Å². The molecule has 0 bridgehead atoms. The minimum atomic E-state index is 0.210. The minimum Gasteiger partial charge on any atom is -0.497 e. The number of nitrogens with zero attached hydrogens (tertiary/aromatic N) is 5. The molecule has 1 fully saturated rings. The van der Waals surface area contributed by atoms with Crippen molar-refractivity contribution in [3.8, 4) is 11.5 Å². The van der Waals surface area contributed by atoms with Crippen molar-refractivity contribution in [2.24, 2.45) is 0 Å². The molecule has 3 aromatic rings. The van der Waals surface area contributed by atoms with Gasteiger partial charge in [-0.05, 0) is 49.7 Å². The smallest absolute Gasteiger partial charge is 0.191 e. The summed E-state index contributed by atoms with van der Waals surface area (Å²) in [6.45, 7) is 3.00. The van der Waals surface area contributed by atoms with E-state index in [1.54, 1.807) is 26.0 Å². The molecule has 0 radical (unpaired) electrons. The molecular weight excluding hydrogens is 438 g/mol. The summed E-state index contributed by atoms with van der Waals surface area (Å²) in [5.41, 5.74) is 2.14. The summed E-state index contributed by atoms with van der Waals surface area (Å²) in [6.07, 6.45) is 4.21. The molecule has 0 N–H and O–H groups in total. The zero-order valence-electron chi connectivity index (χ0n) is 19.4. The molecule has 1 atom stereocenters. The molecule has 176 valence electrons. The van der Waals surface area contributed by atoms with Gasteiger partial charge in [0.25, 0.3) is 0 Å². The molecule has 3 heterocycles. The number of methoxy groups -OCH3 is 2. The Bertz CT molecular complexity index is 1000. The molecule has 0 amide bonds. The maximum atomic E-state index is 5.91. The summed E-state index contributed by atoms with van der Waals surface area (Å²) in [4.78, 5) is 6.64. The molecule has 1 aromatic carbocycles. The Kier molecular flexibility index (Phi) is 8.20. The van der Waals surface area contributed by atoms with Crippen LogP contribution < -0.4 is 9.47 Å². The Morgan fingerprint density at radius 3 is 2.61 bits per heavy atom. The fourth-order valence-corrected chi connectivity index (χ4v) is 4.79. The lowest BCUT2D eigenvalue weighted by atomic mass is 10.2. The Morgan fingerprint density at radius 1 is 1.12 bits per heavy atom. The Labute approximate surface area is 199 Å². The quantitative estimate of drug-likeness (QED) is 0.393. The zero-order valence-corrected chi connectivity index (χ0v) is 20.3. The molecule has 1 aliphatic rings. The number of ether oxygens (including phenoxy) is 3. The fraction of sp³-hybridized carbons (Fsp3) is 0.458. The van der Waals surface area contributed by atoms with Crippen LogP contribution in [0.5, 0.6) is 11.5 Å². The van der Waals surface area contributed by atoms with Crippen LogP contribution in [0, 0.1) is 0 Å². The average Bonchev–Trinajstić information content (AvgIpc) is 3.48. The SMILES string of the molecule is COc1cc(CN(C)Cc2nnc(SCc3ccccn3)n2CC2CCCO2)cc(OC)c1. The van der Waals surface area contributed by atoms with E-state index in [-0.39, 0.29) is 6.10 Å². The van der Waals surface area contributed by atoms with Gasteiger partial charge in [0.05, 0.1) is 39.1 Å². The standard InChI is InChI=1S/C24H31N5O3S/c1-28(14-18-11-21(30-2)13-22(12-18)31-3)16-23-26-27-24(29(23)15-20-8-6-10-32-20)33-17-19-7-4-5-9-25-19/h4-5,7,9,11-13,20H,6,8,10,14-17H2,1-3H3. The minimum absolute atomic E-state index is 0.210. The van der Waals surface area contributed by atoms with Crippen LogP contribution in [0.25, 0.3) is 0 Å². The van der Waals surface area contributed by atoms with Gasteiger partial charge in [-0.2, -0.15) is 0 Å². The predicted molar refractivity (Wildman–Crippen MR) is 128 cm³/mol. The zero-order chi connectivity index (χ0) is 23.0. The van der Waals surface area contributed by atoms with E-state index in [1.165, 1.54) is 0 Å². The topological polar surface area (TPSA) is 74.5 Å². The molecule has 8 nitrogen and oxygen atoms in total. The molecular formula is C24H31N5O3S. The highest BCUT2D eigenvalue weighted by molar-refractivity contribution is 7.98. The molecule has 0 spiro atoms. The van der Waals surface area contributed by atoms with Gasteiger partial charge >= 0.3 is 0 Å². The third kappa shape index (κ3) is 6.46. The van der Waals surface area contributed by atoms with Gasteiger partial charge in [0.2, 0.25) is 0 Å². The molecule has 9 heteroatoms. The second-order valence-electron chi connectivity index (χ2n) is 8.15. The predicted octanol–water partition coefficient (Wildman–Crippen LogP) is 3.79. The van der Waals surface area contributed by atoms with Gasteiger partial charge in [0.15, 0.2) is 5.16 Å². The summed E-state index contributed by atoms with van der Waals surface area (Å²) in [7, 11) is 5.41. The second kappa shape index (κ2) is 11.5. The third-order valence-electron chi connectivity index (χ3n) is 5.55. The molecule has 1 aliphatic heterocycles. The Morgan fingerprint density at radius 2 is 1.94 bits per heavy atom. The van der Waals surface area contributed by atoms with Crippen molar-refractivity contribution in [2.75, 3.05) is 27.9 Å². The van der Waals surface area contributed by atoms with Crippen molar-refractivity contribution in [1.82, 2.24) is 24.6 Å². The van der Waals surface area contributed by atoms with Crippen molar-refractivity contribution in [2.45, 2.75) is 49.5 Å². The molecule has 0 saturated carbocycles. The van der Waals surface area contributed by atoms with Crippen LogP contribution in [0.15, 0.2) is 47.8 Å². The largest absolute Gasteiger partial charge is 0.497 e. The lowest BCUT2D eigenvalue weighted by Gasteiger charge is -2.19. The molecule has 4 rings (SSSR count). The van der Waals surface area contributed by atoms with Crippen LogP contribution in [0.3, 0.4) is 0 Å². The lowest BCUT2D eigenvalue weighted by molar-refractivity contribution is 0.0934. The first kappa shape index (κ1) is 23.5. The highest BCUT2D eigenvalue weighted by atomic mass is 32.2. The van der Waals surface area contributed by atoms with Gasteiger partial charge in [0, 0.05) is 31.2 Å². The van der Waals surface area contributed by atoms with E-state index in [0.717, 1.165) is 72.0 Å².